The maximum Gasteiger partial charge on any atom is 0.242 e. The van der Waals surface area contributed by atoms with E-state index in [1.807, 2.05) is 18.2 Å². The monoisotopic (exact) mass is 360 g/mol. The number of rotatable bonds is 7. The molecule has 0 aliphatic carbocycles. The Hall–Kier alpha value is -2.56. The lowest BCUT2D eigenvalue weighted by Gasteiger charge is -2.17. The molecular weight excluding hydrogens is 340 g/mol. The molecule has 2 aromatic rings. The Balaban J connectivity index is 2.10. The third-order valence-corrected chi connectivity index (χ3v) is 5.73. The van der Waals surface area contributed by atoms with Gasteiger partial charge in [-0.1, -0.05) is 6.07 Å². The van der Waals surface area contributed by atoms with Gasteiger partial charge >= 0.3 is 0 Å². The van der Waals surface area contributed by atoms with Gasteiger partial charge in [-0.15, -0.1) is 0 Å². The molecule has 0 aromatic heterocycles. The highest BCUT2D eigenvalue weighted by Crippen LogP contribution is 2.28. The van der Waals surface area contributed by atoms with E-state index in [1.54, 1.807) is 20.3 Å². The van der Waals surface area contributed by atoms with E-state index in [4.69, 9.17) is 14.7 Å². The zero-order valence-electron chi connectivity index (χ0n) is 14.4. The first-order chi connectivity index (χ1) is 11.9. The molecule has 132 valence electrons. The van der Waals surface area contributed by atoms with Gasteiger partial charge < -0.3 is 9.47 Å². The maximum absolute atomic E-state index is 12.6. The van der Waals surface area contributed by atoms with Gasteiger partial charge in [-0.3, -0.25) is 0 Å². The summed E-state index contributed by atoms with van der Waals surface area (Å²) in [5.41, 5.74) is 1.37. The topological polar surface area (TPSA) is 79.6 Å². The van der Waals surface area contributed by atoms with Crippen LogP contribution >= 0.6 is 0 Å². The normalized spacial score (nSPS) is 11.2. The minimum absolute atomic E-state index is 0.168. The SMILES string of the molecule is COc1ccc(CCN(C)S(=O)(=O)c2ccc(C#N)cc2)cc1OC. The third kappa shape index (κ3) is 4.29. The zero-order valence-corrected chi connectivity index (χ0v) is 15.2. The van der Waals surface area contributed by atoms with Crippen LogP contribution in [0.25, 0.3) is 0 Å². The van der Waals surface area contributed by atoms with Crippen LogP contribution in [0.5, 0.6) is 11.5 Å². The quantitative estimate of drug-likeness (QED) is 0.758. The van der Waals surface area contributed by atoms with Crippen molar-refractivity contribution in [1.29, 1.82) is 5.26 Å². The van der Waals surface area contributed by atoms with E-state index in [9.17, 15) is 8.42 Å². The molecular formula is C18H20N2O4S. The summed E-state index contributed by atoms with van der Waals surface area (Å²) < 4.78 is 36.9. The molecule has 0 heterocycles. The molecule has 2 rings (SSSR count). The molecule has 6 nitrogen and oxygen atoms in total. The fourth-order valence-corrected chi connectivity index (χ4v) is 3.50. The van der Waals surface area contributed by atoms with Crippen LogP contribution in [0.4, 0.5) is 0 Å². The predicted molar refractivity (Wildman–Crippen MR) is 94.2 cm³/mol. The fourth-order valence-electron chi connectivity index (χ4n) is 2.32. The lowest BCUT2D eigenvalue weighted by atomic mass is 10.1. The Morgan fingerprint density at radius 3 is 2.24 bits per heavy atom. The van der Waals surface area contributed by atoms with Gasteiger partial charge in [0.25, 0.3) is 0 Å². The van der Waals surface area contributed by atoms with E-state index < -0.39 is 10.0 Å². The summed E-state index contributed by atoms with van der Waals surface area (Å²) in [5, 5.41) is 8.80. The van der Waals surface area contributed by atoms with E-state index >= 15 is 0 Å². The molecule has 2 aromatic carbocycles. The number of hydrogen-bond acceptors (Lipinski definition) is 5. The molecule has 25 heavy (non-hydrogen) atoms. The molecule has 0 N–H and O–H groups in total. The highest BCUT2D eigenvalue weighted by Gasteiger charge is 2.20. The van der Waals surface area contributed by atoms with Crippen LogP contribution in [0.2, 0.25) is 0 Å². The Morgan fingerprint density at radius 1 is 1.04 bits per heavy atom. The average Bonchev–Trinajstić information content (AvgIpc) is 2.65. The van der Waals surface area contributed by atoms with Gasteiger partial charge in [0.15, 0.2) is 11.5 Å². The van der Waals surface area contributed by atoms with Crippen molar-refractivity contribution in [2.24, 2.45) is 0 Å². The molecule has 0 aliphatic heterocycles. The number of likely N-dealkylation sites (N-methyl/N-ethyl adjacent to an activating group) is 1. The number of sulfonamides is 1. The van der Waals surface area contributed by atoms with Crippen LogP contribution < -0.4 is 9.47 Å². The summed E-state index contributed by atoms with van der Waals surface area (Å²) in [6.07, 6.45) is 0.534. The molecule has 0 spiro atoms. The largest absolute Gasteiger partial charge is 0.493 e. The molecule has 0 bridgehead atoms. The number of nitrogens with zero attached hydrogens (tertiary/aromatic N) is 2. The number of methoxy groups -OCH3 is 2. The van der Waals surface area contributed by atoms with Crippen LogP contribution in [-0.4, -0.2) is 40.5 Å². The summed E-state index contributed by atoms with van der Waals surface area (Å²) in [5.74, 6) is 1.24. The first-order valence-electron chi connectivity index (χ1n) is 7.59. The second-order valence-corrected chi connectivity index (χ2v) is 7.45. The second-order valence-electron chi connectivity index (χ2n) is 5.40. The van der Waals surface area contributed by atoms with Gasteiger partial charge in [-0.2, -0.15) is 5.26 Å². The standard InChI is InChI=1S/C18H20N2O4S/c1-20(25(21,22)16-7-4-15(13-19)5-8-16)11-10-14-6-9-17(23-2)18(12-14)24-3/h4-9,12H,10-11H2,1-3H3. The van der Waals surface area contributed by atoms with E-state index in [-0.39, 0.29) is 4.90 Å². The van der Waals surface area contributed by atoms with Crippen molar-refractivity contribution in [2.75, 3.05) is 27.8 Å². The Morgan fingerprint density at radius 2 is 1.68 bits per heavy atom. The lowest BCUT2D eigenvalue weighted by Crippen LogP contribution is -2.29. The zero-order chi connectivity index (χ0) is 18.4. The van der Waals surface area contributed by atoms with Gasteiger partial charge in [0.1, 0.15) is 0 Å². The van der Waals surface area contributed by atoms with Gasteiger partial charge in [-0.05, 0) is 48.4 Å². The van der Waals surface area contributed by atoms with E-state index in [0.717, 1.165) is 5.56 Å². The van der Waals surface area contributed by atoms with Gasteiger partial charge in [-0.25, -0.2) is 12.7 Å². The minimum Gasteiger partial charge on any atom is -0.493 e. The molecule has 0 unspecified atom stereocenters. The smallest absolute Gasteiger partial charge is 0.242 e. The number of hydrogen-bond donors (Lipinski definition) is 0. The Labute approximate surface area is 148 Å². The van der Waals surface area contributed by atoms with E-state index in [2.05, 4.69) is 0 Å². The van der Waals surface area contributed by atoms with Crippen molar-refractivity contribution >= 4 is 10.0 Å². The third-order valence-electron chi connectivity index (χ3n) is 3.85. The fraction of sp³-hybridized carbons (Fsp3) is 0.278. The predicted octanol–water partition coefficient (Wildman–Crippen LogP) is 2.44. The van der Waals surface area contributed by atoms with Crippen LogP contribution in [0.3, 0.4) is 0 Å². The molecule has 0 atom stereocenters. The number of benzene rings is 2. The van der Waals surface area contributed by atoms with Crippen LogP contribution in [-0.2, 0) is 16.4 Å². The summed E-state index contributed by atoms with van der Waals surface area (Å²) in [7, 11) is 1.06. The maximum atomic E-state index is 12.6. The highest BCUT2D eigenvalue weighted by atomic mass is 32.2. The first-order valence-corrected chi connectivity index (χ1v) is 9.03. The molecule has 7 heteroatoms. The van der Waals surface area contributed by atoms with E-state index in [0.29, 0.717) is 30.0 Å². The lowest BCUT2D eigenvalue weighted by molar-refractivity contribution is 0.354. The molecule has 0 saturated carbocycles. The average molecular weight is 360 g/mol. The molecule has 0 saturated heterocycles. The Kier molecular flexibility index (Phi) is 6.02. The van der Waals surface area contributed by atoms with Crippen LogP contribution in [0.15, 0.2) is 47.4 Å². The second kappa shape index (κ2) is 8.01. The number of ether oxygens (including phenoxy) is 2. The van der Waals surface area contributed by atoms with Crippen molar-refractivity contribution < 1.29 is 17.9 Å². The van der Waals surface area contributed by atoms with Crippen molar-refractivity contribution in [1.82, 2.24) is 4.31 Å². The summed E-state index contributed by atoms with van der Waals surface area (Å²) >= 11 is 0. The minimum atomic E-state index is -3.59. The molecule has 0 fully saturated rings. The summed E-state index contributed by atoms with van der Waals surface area (Å²) in [6, 6.07) is 13.4. The summed E-state index contributed by atoms with van der Waals surface area (Å²) in [4.78, 5) is 0.168. The Bertz CT molecular complexity index is 871. The van der Waals surface area contributed by atoms with Crippen molar-refractivity contribution in [2.45, 2.75) is 11.3 Å². The van der Waals surface area contributed by atoms with Crippen molar-refractivity contribution in [3.05, 3.63) is 53.6 Å². The first kappa shape index (κ1) is 18.8. The molecule has 0 radical (unpaired) electrons. The molecule has 0 aliphatic rings. The number of nitriles is 1. The van der Waals surface area contributed by atoms with Gasteiger partial charge in [0.2, 0.25) is 10.0 Å². The molecule has 0 amide bonds. The summed E-state index contributed by atoms with van der Waals surface area (Å²) in [6.45, 7) is 0.317. The van der Waals surface area contributed by atoms with Gasteiger partial charge in [0, 0.05) is 13.6 Å². The van der Waals surface area contributed by atoms with E-state index in [1.165, 1.54) is 35.6 Å². The van der Waals surface area contributed by atoms with Crippen LogP contribution in [0, 0.1) is 11.3 Å². The van der Waals surface area contributed by atoms with Crippen molar-refractivity contribution in [3.63, 3.8) is 0 Å². The van der Waals surface area contributed by atoms with Crippen molar-refractivity contribution in [3.8, 4) is 17.6 Å². The van der Waals surface area contributed by atoms with Gasteiger partial charge in [0.05, 0.1) is 30.7 Å². The highest BCUT2D eigenvalue weighted by molar-refractivity contribution is 7.89. The van der Waals surface area contributed by atoms with Crippen LogP contribution in [0.1, 0.15) is 11.1 Å².